The van der Waals surface area contributed by atoms with Crippen LogP contribution in [0.25, 0.3) is 0 Å². The van der Waals surface area contributed by atoms with Crippen molar-refractivity contribution in [3.63, 3.8) is 0 Å². The molecule has 0 saturated carbocycles. The van der Waals surface area contributed by atoms with E-state index in [0.29, 0.717) is 6.42 Å². The van der Waals surface area contributed by atoms with E-state index in [1.165, 1.54) is 5.56 Å². The Morgan fingerprint density at radius 3 is 2.53 bits per heavy atom. The van der Waals surface area contributed by atoms with E-state index in [-0.39, 0.29) is 10.9 Å². The van der Waals surface area contributed by atoms with Gasteiger partial charge in [-0.2, -0.15) is 0 Å². The van der Waals surface area contributed by atoms with Crippen molar-refractivity contribution in [2.75, 3.05) is 5.32 Å². The van der Waals surface area contributed by atoms with Crippen LogP contribution in [0.1, 0.15) is 32.8 Å². The summed E-state index contributed by atoms with van der Waals surface area (Å²) >= 11 is 0. The summed E-state index contributed by atoms with van der Waals surface area (Å²) in [5.41, 5.74) is 2.11. The lowest BCUT2D eigenvalue weighted by atomic mass is 10.0. The third-order valence-corrected chi connectivity index (χ3v) is 8.51. The van der Waals surface area contributed by atoms with E-state index in [1.807, 2.05) is 12.1 Å². The molecule has 0 spiro atoms. The van der Waals surface area contributed by atoms with Gasteiger partial charge in [0.05, 0.1) is 0 Å². The molecule has 1 N–H and O–H groups in total. The fraction of sp³-hybridized carbons (Fsp3) is 0.533. The van der Waals surface area contributed by atoms with Gasteiger partial charge in [0.2, 0.25) is 14.2 Å². The molecule has 0 aliphatic carbocycles. The second-order valence-corrected chi connectivity index (χ2v) is 11.5. The molecule has 1 amide bonds. The van der Waals surface area contributed by atoms with Gasteiger partial charge in [0.15, 0.2) is 0 Å². The third kappa shape index (κ3) is 3.00. The highest BCUT2D eigenvalue weighted by atomic mass is 28.4. The molecule has 1 heterocycles. The van der Waals surface area contributed by atoms with Crippen molar-refractivity contribution >= 4 is 19.9 Å². The van der Waals surface area contributed by atoms with Gasteiger partial charge in [-0.1, -0.05) is 20.8 Å². The van der Waals surface area contributed by atoms with Crippen LogP contribution in [0.2, 0.25) is 18.1 Å². The summed E-state index contributed by atoms with van der Waals surface area (Å²) in [6.45, 7) is 11.2. The van der Waals surface area contributed by atoms with Crippen LogP contribution in [-0.2, 0) is 11.2 Å². The lowest BCUT2D eigenvalue weighted by molar-refractivity contribution is -0.116. The molecule has 1 aliphatic heterocycles. The van der Waals surface area contributed by atoms with Crippen LogP contribution in [0, 0.1) is 0 Å². The van der Waals surface area contributed by atoms with Gasteiger partial charge in [0.25, 0.3) is 0 Å². The number of fused-ring (bicyclic) bond motifs is 1. The monoisotopic (exact) mass is 277 g/mol. The number of carbonyl (C=O) groups is 1. The van der Waals surface area contributed by atoms with Crippen molar-refractivity contribution in [2.45, 2.75) is 51.7 Å². The zero-order valence-corrected chi connectivity index (χ0v) is 13.5. The second kappa shape index (κ2) is 4.67. The molecule has 0 fully saturated rings. The normalized spacial score (nSPS) is 15.7. The van der Waals surface area contributed by atoms with Gasteiger partial charge < -0.3 is 9.74 Å². The van der Waals surface area contributed by atoms with Gasteiger partial charge in [0.1, 0.15) is 5.75 Å². The molecule has 1 aromatic carbocycles. The number of rotatable bonds is 2. The van der Waals surface area contributed by atoms with Crippen molar-refractivity contribution < 1.29 is 9.22 Å². The van der Waals surface area contributed by atoms with Gasteiger partial charge in [-0.05, 0) is 48.3 Å². The SMILES string of the molecule is CC(C)(C)[Si](C)(C)Oc1ccc2c(c1)CCC(=O)N2. The van der Waals surface area contributed by atoms with E-state index < -0.39 is 8.32 Å². The third-order valence-electron chi connectivity index (χ3n) is 4.15. The van der Waals surface area contributed by atoms with Crippen LogP contribution >= 0.6 is 0 Å². The number of hydrogen-bond donors (Lipinski definition) is 1. The van der Waals surface area contributed by atoms with Crippen molar-refractivity contribution in [2.24, 2.45) is 0 Å². The molecule has 0 bridgehead atoms. The van der Waals surface area contributed by atoms with Crippen molar-refractivity contribution in [3.05, 3.63) is 23.8 Å². The van der Waals surface area contributed by atoms with Crippen LogP contribution in [0.3, 0.4) is 0 Å². The largest absolute Gasteiger partial charge is 0.543 e. The molecule has 104 valence electrons. The Bertz CT molecular complexity index is 503. The molecule has 0 radical (unpaired) electrons. The lowest BCUT2D eigenvalue weighted by Gasteiger charge is -2.36. The summed E-state index contributed by atoms with van der Waals surface area (Å²) < 4.78 is 6.29. The average Bonchev–Trinajstić information content (AvgIpc) is 2.27. The Labute approximate surface area is 116 Å². The van der Waals surface area contributed by atoms with E-state index in [0.717, 1.165) is 17.9 Å². The average molecular weight is 277 g/mol. The maximum Gasteiger partial charge on any atom is 0.250 e. The van der Waals surface area contributed by atoms with Crippen LogP contribution < -0.4 is 9.74 Å². The molecule has 1 aliphatic rings. The summed E-state index contributed by atoms with van der Waals surface area (Å²) in [5, 5.41) is 3.09. The zero-order valence-electron chi connectivity index (χ0n) is 12.5. The highest BCUT2D eigenvalue weighted by Gasteiger charge is 2.39. The maximum atomic E-state index is 11.3. The van der Waals surface area contributed by atoms with Gasteiger partial charge in [-0.25, -0.2) is 0 Å². The maximum absolute atomic E-state index is 11.3. The number of amides is 1. The smallest absolute Gasteiger partial charge is 0.250 e. The minimum absolute atomic E-state index is 0.102. The summed E-state index contributed by atoms with van der Waals surface area (Å²) in [5.74, 6) is 1.03. The lowest BCUT2D eigenvalue weighted by Crippen LogP contribution is -2.43. The summed E-state index contributed by atoms with van der Waals surface area (Å²) in [6, 6.07) is 6.00. The summed E-state index contributed by atoms with van der Waals surface area (Å²) in [7, 11) is -1.79. The van der Waals surface area contributed by atoms with Crippen molar-refractivity contribution in [3.8, 4) is 5.75 Å². The van der Waals surface area contributed by atoms with E-state index in [9.17, 15) is 4.79 Å². The number of hydrogen-bond acceptors (Lipinski definition) is 2. The first-order valence-corrected chi connectivity index (χ1v) is 9.72. The molecule has 3 nitrogen and oxygen atoms in total. The van der Waals surface area contributed by atoms with E-state index in [1.54, 1.807) is 0 Å². The predicted octanol–water partition coefficient (Wildman–Crippen LogP) is 3.96. The van der Waals surface area contributed by atoms with E-state index in [2.05, 4.69) is 45.2 Å². The Hall–Kier alpha value is -1.29. The number of nitrogens with one attached hydrogen (secondary N) is 1. The molecule has 0 saturated heterocycles. The fourth-order valence-corrected chi connectivity index (χ4v) is 2.89. The molecule has 0 aromatic heterocycles. The van der Waals surface area contributed by atoms with E-state index in [4.69, 9.17) is 4.43 Å². The molecule has 2 rings (SSSR count). The molecule has 4 heteroatoms. The predicted molar refractivity (Wildman–Crippen MR) is 81.2 cm³/mol. The fourth-order valence-electron chi connectivity index (χ4n) is 1.87. The van der Waals surface area contributed by atoms with E-state index >= 15 is 0 Å². The first-order valence-electron chi connectivity index (χ1n) is 6.81. The van der Waals surface area contributed by atoms with Crippen LogP contribution in [-0.4, -0.2) is 14.2 Å². The van der Waals surface area contributed by atoms with Crippen LogP contribution in [0.4, 0.5) is 5.69 Å². The minimum atomic E-state index is -1.79. The quantitative estimate of drug-likeness (QED) is 0.831. The van der Waals surface area contributed by atoms with Crippen molar-refractivity contribution in [1.82, 2.24) is 0 Å². The second-order valence-electron chi connectivity index (χ2n) is 6.73. The Balaban J connectivity index is 2.22. The van der Waals surface area contributed by atoms with Crippen molar-refractivity contribution in [1.29, 1.82) is 0 Å². The molecule has 0 unspecified atom stereocenters. The minimum Gasteiger partial charge on any atom is -0.543 e. The van der Waals surface area contributed by atoms with Gasteiger partial charge in [0, 0.05) is 12.1 Å². The van der Waals surface area contributed by atoms with Gasteiger partial charge in [-0.3, -0.25) is 4.79 Å². The number of aryl methyl sites for hydroxylation is 1. The molecular weight excluding hydrogens is 254 g/mol. The first kappa shape index (κ1) is 14.1. The Kier molecular flexibility index (Phi) is 3.47. The zero-order chi connectivity index (χ0) is 14.3. The highest BCUT2D eigenvalue weighted by Crippen LogP contribution is 2.38. The van der Waals surface area contributed by atoms with Gasteiger partial charge >= 0.3 is 0 Å². The highest BCUT2D eigenvalue weighted by molar-refractivity contribution is 6.74. The number of carbonyl (C=O) groups excluding carboxylic acids is 1. The number of benzene rings is 1. The number of anilines is 1. The Morgan fingerprint density at radius 2 is 1.89 bits per heavy atom. The standard InChI is InChI=1S/C15H23NO2Si/c1-15(2,3)19(4,5)18-12-7-8-13-11(10-12)6-9-14(17)16-13/h7-8,10H,6,9H2,1-5H3,(H,16,17). The molecule has 19 heavy (non-hydrogen) atoms. The molecular formula is C15H23NO2Si. The summed E-state index contributed by atoms with van der Waals surface area (Å²) in [4.78, 5) is 11.3. The van der Waals surface area contributed by atoms with Crippen LogP contribution in [0.5, 0.6) is 5.75 Å². The molecule has 1 aromatic rings. The topological polar surface area (TPSA) is 38.3 Å². The summed E-state index contributed by atoms with van der Waals surface area (Å²) in [6.07, 6.45) is 1.37. The van der Waals surface area contributed by atoms with Gasteiger partial charge in [-0.15, -0.1) is 0 Å². The van der Waals surface area contributed by atoms with Crippen LogP contribution in [0.15, 0.2) is 18.2 Å². The first-order chi connectivity index (χ1) is 8.69. The Morgan fingerprint density at radius 1 is 1.21 bits per heavy atom. The molecule has 0 atom stereocenters.